The Hall–Kier alpha value is -0.710. The third-order valence-corrected chi connectivity index (χ3v) is 4.12. The maximum atomic E-state index is 11.6. The fourth-order valence-corrected chi connectivity index (χ4v) is 3.13. The molecule has 1 spiro atoms. The van der Waals surface area contributed by atoms with E-state index >= 15 is 0 Å². The van der Waals surface area contributed by atoms with E-state index in [0.717, 1.165) is 25.7 Å². The smallest absolute Gasteiger partial charge is 0.322 e. The first kappa shape index (κ1) is 9.83. The van der Waals surface area contributed by atoms with Crippen molar-refractivity contribution < 1.29 is 9.59 Å². The lowest BCUT2D eigenvalue weighted by molar-refractivity contribution is -0.124. The lowest BCUT2D eigenvalue weighted by Gasteiger charge is -2.34. The highest BCUT2D eigenvalue weighted by Gasteiger charge is 2.48. The number of thioether (sulfide) groups is 1. The Labute approximate surface area is 87.2 Å². The summed E-state index contributed by atoms with van der Waals surface area (Å²) in [5, 5.41) is 5.59. The van der Waals surface area contributed by atoms with Crippen LogP contribution < -0.4 is 10.6 Å². The predicted molar refractivity (Wildman–Crippen MR) is 55.2 cm³/mol. The average Bonchev–Trinajstić information content (AvgIpc) is 2.42. The summed E-state index contributed by atoms with van der Waals surface area (Å²) in [5.41, 5.74) is -0.594. The van der Waals surface area contributed by atoms with E-state index in [4.69, 9.17) is 0 Å². The zero-order valence-corrected chi connectivity index (χ0v) is 8.95. The lowest BCUT2D eigenvalue weighted by Crippen LogP contribution is -2.50. The molecule has 1 saturated heterocycles. The highest BCUT2D eigenvalue weighted by Crippen LogP contribution is 2.35. The van der Waals surface area contributed by atoms with E-state index in [1.165, 1.54) is 0 Å². The summed E-state index contributed by atoms with van der Waals surface area (Å²) in [7, 11) is 0. The third kappa shape index (κ3) is 1.49. The van der Waals surface area contributed by atoms with E-state index in [0.29, 0.717) is 5.25 Å². The van der Waals surface area contributed by atoms with Crippen molar-refractivity contribution in [1.29, 1.82) is 0 Å². The number of hydrogen-bond acceptors (Lipinski definition) is 3. The first-order valence-corrected chi connectivity index (χ1v) is 6.11. The Bertz CT molecular complexity index is 282. The molecule has 5 heteroatoms. The van der Waals surface area contributed by atoms with Crippen LogP contribution >= 0.6 is 11.8 Å². The van der Waals surface area contributed by atoms with Gasteiger partial charge in [-0.25, -0.2) is 4.79 Å². The van der Waals surface area contributed by atoms with Crippen LogP contribution in [0.25, 0.3) is 0 Å². The van der Waals surface area contributed by atoms with Crippen LogP contribution in [0.5, 0.6) is 0 Å². The van der Waals surface area contributed by atoms with Gasteiger partial charge in [0, 0.05) is 5.25 Å². The summed E-state index contributed by atoms with van der Waals surface area (Å²) < 4.78 is 0. The minimum absolute atomic E-state index is 0.138. The fourth-order valence-electron chi connectivity index (χ4n) is 2.27. The molecule has 4 nitrogen and oxygen atoms in total. The Kier molecular flexibility index (Phi) is 2.43. The van der Waals surface area contributed by atoms with Gasteiger partial charge in [-0.2, -0.15) is 11.8 Å². The highest BCUT2D eigenvalue weighted by molar-refractivity contribution is 7.99. The SMILES string of the molecule is CSC1CCCC2(C1)NC(=O)NC2=O. The largest absolute Gasteiger partial charge is 0.323 e. The van der Waals surface area contributed by atoms with Crippen LogP contribution in [0.15, 0.2) is 0 Å². The van der Waals surface area contributed by atoms with Crippen molar-refractivity contribution in [2.45, 2.75) is 36.5 Å². The highest BCUT2D eigenvalue weighted by atomic mass is 32.2. The molecule has 1 aliphatic heterocycles. The molecular formula is C9H14N2O2S. The monoisotopic (exact) mass is 214 g/mol. The number of carbonyl (C=O) groups is 2. The Morgan fingerprint density at radius 1 is 1.50 bits per heavy atom. The second-order valence-corrected chi connectivity index (χ2v) is 5.08. The van der Waals surface area contributed by atoms with Crippen LogP contribution in [0.3, 0.4) is 0 Å². The summed E-state index contributed by atoms with van der Waals surface area (Å²) in [5.74, 6) is -0.138. The van der Waals surface area contributed by atoms with Crippen LogP contribution in [0.2, 0.25) is 0 Å². The van der Waals surface area contributed by atoms with E-state index in [1.54, 1.807) is 11.8 Å². The minimum Gasteiger partial charge on any atom is -0.323 e. The number of urea groups is 1. The standard InChI is InChI=1S/C9H14N2O2S/c1-14-6-3-2-4-9(5-6)7(12)10-8(13)11-9/h6H,2-5H2,1H3,(H2,10,11,12,13). The number of rotatable bonds is 1. The zero-order chi connectivity index (χ0) is 10.2. The third-order valence-electron chi connectivity index (χ3n) is 3.05. The van der Waals surface area contributed by atoms with Crippen LogP contribution in [0.1, 0.15) is 25.7 Å². The van der Waals surface area contributed by atoms with E-state index in [2.05, 4.69) is 16.9 Å². The van der Waals surface area contributed by atoms with Crippen LogP contribution in [0, 0.1) is 0 Å². The number of nitrogens with one attached hydrogen (secondary N) is 2. The van der Waals surface area contributed by atoms with Crippen molar-refractivity contribution in [2.24, 2.45) is 0 Å². The van der Waals surface area contributed by atoms with E-state index in [1.807, 2.05) is 0 Å². The normalized spacial score (nSPS) is 37.1. The molecule has 2 fully saturated rings. The predicted octanol–water partition coefficient (Wildman–Crippen LogP) is 0.870. The second kappa shape index (κ2) is 3.46. The molecule has 0 aromatic heterocycles. The maximum Gasteiger partial charge on any atom is 0.322 e. The van der Waals surface area contributed by atoms with Gasteiger partial charge in [-0.15, -0.1) is 0 Å². The molecule has 2 aliphatic rings. The van der Waals surface area contributed by atoms with Gasteiger partial charge in [0.2, 0.25) is 0 Å². The molecule has 1 aliphatic carbocycles. The topological polar surface area (TPSA) is 58.2 Å². The van der Waals surface area contributed by atoms with E-state index in [9.17, 15) is 9.59 Å². The van der Waals surface area contributed by atoms with Gasteiger partial charge in [0.05, 0.1) is 0 Å². The molecule has 0 bridgehead atoms. The lowest BCUT2D eigenvalue weighted by atomic mass is 9.81. The first-order chi connectivity index (χ1) is 6.66. The summed E-state index contributed by atoms with van der Waals surface area (Å²) in [6, 6.07) is -0.336. The van der Waals surface area contributed by atoms with Gasteiger partial charge in [-0.05, 0) is 31.9 Å². The quantitative estimate of drug-likeness (QED) is 0.637. The van der Waals surface area contributed by atoms with E-state index < -0.39 is 5.54 Å². The molecule has 2 N–H and O–H groups in total. The molecule has 0 aromatic carbocycles. The number of amides is 3. The van der Waals surface area contributed by atoms with Gasteiger partial charge in [0.15, 0.2) is 0 Å². The zero-order valence-electron chi connectivity index (χ0n) is 8.13. The number of carbonyl (C=O) groups excluding carboxylic acids is 2. The van der Waals surface area contributed by atoms with Gasteiger partial charge in [-0.1, -0.05) is 0 Å². The molecule has 14 heavy (non-hydrogen) atoms. The summed E-state index contributed by atoms with van der Waals surface area (Å²) in [4.78, 5) is 22.7. The Morgan fingerprint density at radius 3 is 2.86 bits per heavy atom. The molecule has 0 aromatic rings. The number of hydrogen-bond donors (Lipinski definition) is 2. The second-order valence-electron chi connectivity index (χ2n) is 3.94. The van der Waals surface area contributed by atoms with E-state index in [-0.39, 0.29) is 11.9 Å². The maximum absolute atomic E-state index is 11.6. The Balaban J connectivity index is 2.15. The molecule has 0 radical (unpaired) electrons. The van der Waals surface area contributed by atoms with Crippen molar-refractivity contribution in [2.75, 3.05) is 6.26 Å². The minimum atomic E-state index is -0.594. The van der Waals surface area contributed by atoms with Crippen molar-refractivity contribution >= 4 is 23.7 Å². The van der Waals surface area contributed by atoms with Gasteiger partial charge in [0.25, 0.3) is 5.91 Å². The van der Waals surface area contributed by atoms with Crippen molar-refractivity contribution in [1.82, 2.24) is 10.6 Å². The van der Waals surface area contributed by atoms with Gasteiger partial charge >= 0.3 is 6.03 Å². The van der Waals surface area contributed by atoms with Gasteiger partial charge < -0.3 is 5.32 Å². The molecule has 3 amide bonds. The molecule has 1 saturated carbocycles. The molecule has 2 rings (SSSR count). The van der Waals surface area contributed by atoms with Crippen molar-refractivity contribution in [3.05, 3.63) is 0 Å². The molecule has 2 atom stereocenters. The molecule has 1 heterocycles. The fraction of sp³-hybridized carbons (Fsp3) is 0.778. The molecule has 78 valence electrons. The summed E-state index contributed by atoms with van der Waals surface area (Å²) in [6.45, 7) is 0. The van der Waals surface area contributed by atoms with Crippen molar-refractivity contribution in [3.8, 4) is 0 Å². The van der Waals surface area contributed by atoms with Crippen LogP contribution in [-0.2, 0) is 4.79 Å². The first-order valence-electron chi connectivity index (χ1n) is 4.83. The van der Waals surface area contributed by atoms with Gasteiger partial charge in [0.1, 0.15) is 5.54 Å². The van der Waals surface area contributed by atoms with Gasteiger partial charge in [-0.3, -0.25) is 10.1 Å². The van der Waals surface area contributed by atoms with Crippen molar-refractivity contribution in [3.63, 3.8) is 0 Å². The summed E-state index contributed by atoms with van der Waals surface area (Å²) in [6.07, 6.45) is 5.76. The van der Waals surface area contributed by atoms with Crippen LogP contribution in [-0.4, -0.2) is 29.0 Å². The van der Waals surface area contributed by atoms with Crippen LogP contribution in [0.4, 0.5) is 4.79 Å². The Morgan fingerprint density at radius 2 is 2.29 bits per heavy atom. The number of imide groups is 1. The average molecular weight is 214 g/mol. The molecule has 2 unspecified atom stereocenters. The summed E-state index contributed by atoms with van der Waals surface area (Å²) >= 11 is 1.78. The molecular weight excluding hydrogens is 200 g/mol.